The lowest BCUT2D eigenvalue weighted by molar-refractivity contribution is 0.477. The SMILES string of the molecule is c1ccc(-c2cc(-c3ccc(N4c5ccccc5Sc5ccccc54)cc3)nc(-c3ccccc3)n2)cc1.c1ccc(-c2ccc(-c3nc(-c4ccccc4)cc(-c4ccc(N5c6ccccc6Sc6ccccc65)cc4)n3)cc2)cc1.c1ccc(-c2nc(-c3ccc(N4c5ccccc5Oc5ccccc54)cc3)nc(-c3ccc(N4c5ccccc5Sc5ccccc54)cc3)n2)cc1. The molecule has 0 saturated carbocycles. The van der Waals surface area contributed by atoms with E-state index < -0.39 is 0 Å². The third-order valence-electron chi connectivity index (χ3n) is 23.9. The first-order valence-electron chi connectivity index (χ1n) is 44.4. The zero-order valence-electron chi connectivity index (χ0n) is 72.2. The van der Waals surface area contributed by atoms with E-state index in [-0.39, 0.29) is 0 Å². The van der Waals surface area contributed by atoms with E-state index in [4.69, 9.17) is 39.6 Å². The summed E-state index contributed by atoms with van der Waals surface area (Å²) in [7, 11) is 0. The standard InChI is InChI=1S/C45H29N5OS.C40H27N3S.C34H23N3S/c1-2-12-30(13-3-1)43-46-44(31-22-26-33(27-23-31)49-35-14-4-8-18-39(35)51-40-19-9-5-15-36(40)49)48-45(47-43)32-24-28-34(29-25-32)50-37-16-6-10-20-41(37)52-42-21-11-7-17-38(42)50;1-3-11-28(12-4-1)29-19-21-32(22-20-29)40-41-34(30-13-5-2-6-14-30)27-35(42-40)31-23-25-33(26-24-31)43-36-15-7-9-17-38(36)44-39-18-10-8-16-37(39)43;1-3-11-24(12-4-1)28-23-29(36-34(35-28)26-13-5-2-6-14-26)25-19-21-27(22-20-25)37-30-15-7-9-17-32(30)38-33-18-10-8-16-31(33)37/h1-29H;1-27H;1-23H. The van der Waals surface area contributed by atoms with Crippen LogP contribution in [0.15, 0.2) is 509 Å². The summed E-state index contributed by atoms with van der Waals surface area (Å²) in [5, 5.41) is 0. The minimum atomic E-state index is 0.609. The Morgan fingerprint density at radius 1 is 0.149 bits per heavy atom. The molecule has 134 heavy (non-hydrogen) atoms. The largest absolute Gasteiger partial charge is 0.453 e. The van der Waals surface area contributed by atoms with Crippen molar-refractivity contribution >= 4 is 104 Å². The van der Waals surface area contributed by atoms with Crippen molar-refractivity contribution in [3.8, 4) is 125 Å². The third-order valence-corrected chi connectivity index (χ3v) is 27.3. The fourth-order valence-corrected chi connectivity index (χ4v) is 20.5. The van der Waals surface area contributed by atoms with Crippen molar-refractivity contribution in [3.05, 3.63) is 479 Å². The van der Waals surface area contributed by atoms with Crippen LogP contribution in [0.25, 0.3) is 113 Å². The van der Waals surface area contributed by atoms with E-state index in [0.29, 0.717) is 23.3 Å². The van der Waals surface area contributed by atoms with Crippen molar-refractivity contribution in [2.45, 2.75) is 29.4 Å². The van der Waals surface area contributed by atoms with Gasteiger partial charge >= 0.3 is 0 Å². The number of nitrogens with zero attached hydrogens (tertiary/aromatic N) is 11. The maximum absolute atomic E-state index is 6.23. The lowest BCUT2D eigenvalue weighted by Crippen LogP contribution is -2.15. The molecule has 0 atom stereocenters. The number of hydrogen-bond donors (Lipinski definition) is 0. The van der Waals surface area contributed by atoms with Gasteiger partial charge in [-0.3, -0.25) is 0 Å². The summed E-state index contributed by atoms with van der Waals surface area (Å²) in [6.07, 6.45) is 0. The average molecular weight is 1780 g/mol. The highest BCUT2D eigenvalue weighted by atomic mass is 32.2. The monoisotopic (exact) mass is 1770 g/mol. The van der Waals surface area contributed by atoms with Gasteiger partial charge in [-0.2, -0.15) is 0 Å². The summed E-state index contributed by atoms with van der Waals surface area (Å²) < 4.78 is 6.23. The smallest absolute Gasteiger partial charge is 0.164 e. The second kappa shape index (κ2) is 36.6. The van der Waals surface area contributed by atoms with Crippen LogP contribution in [0.2, 0.25) is 0 Å². The van der Waals surface area contributed by atoms with Gasteiger partial charge in [0.05, 0.1) is 68.3 Å². The molecule has 0 amide bonds. The summed E-state index contributed by atoms with van der Waals surface area (Å²) in [6, 6.07) is 166. The first-order valence-corrected chi connectivity index (χ1v) is 46.8. The lowest BCUT2D eigenvalue weighted by atomic mass is 10.0. The molecule has 4 aliphatic heterocycles. The molecule has 0 spiro atoms. The molecule has 0 radical (unpaired) electrons. The van der Waals surface area contributed by atoms with Gasteiger partial charge in [0.2, 0.25) is 0 Å². The average Bonchev–Trinajstić information content (AvgIpc) is 0.764. The Morgan fingerprint density at radius 3 is 0.612 bits per heavy atom. The molecular weight excluding hydrogens is 1700 g/mol. The van der Waals surface area contributed by atoms with Crippen LogP contribution in [0.1, 0.15) is 0 Å². The highest BCUT2D eigenvalue weighted by Crippen LogP contribution is 2.56. The predicted octanol–water partition coefficient (Wildman–Crippen LogP) is 32.9. The number of ether oxygens (including phenoxy) is 1. The molecule has 18 aromatic carbocycles. The second-order valence-electron chi connectivity index (χ2n) is 32.3. The Bertz CT molecular complexity index is 7470. The van der Waals surface area contributed by atoms with Gasteiger partial charge in [0.25, 0.3) is 0 Å². The van der Waals surface area contributed by atoms with E-state index in [2.05, 4.69) is 371 Å². The maximum atomic E-state index is 6.23. The minimum Gasteiger partial charge on any atom is -0.453 e. The number of benzene rings is 18. The molecule has 0 N–H and O–H groups in total. The van der Waals surface area contributed by atoms with Crippen molar-refractivity contribution in [1.82, 2.24) is 34.9 Å². The van der Waals surface area contributed by atoms with Crippen LogP contribution in [0.5, 0.6) is 11.5 Å². The molecular formula is C119H79N11OS3. The Kier molecular flexibility index (Phi) is 22.3. The van der Waals surface area contributed by atoms with E-state index in [1.807, 2.05) is 151 Å². The number of hydrogen-bond acceptors (Lipinski definition) is 15. The van der Waals surface area contributed by atoms with Crippen molar-refractivity contribution in [3.63, 3.8) is 0 Å². The van der Waals surface area contributed by atoms with Gasteiger partial charge in [-0.1, -0.05) is 333 Å². The topological polar surface area (TPSA) is 112 Å². The normalized spacial score (nSPS) is 12.2. The first-order chi connectivity index (χ1) is 66.4. The van der Waals surface area contributed by atoms with Crippen LogP contribution in [0, 0.1) is 0 Å². The van der Waals surface area contributed by atoms with Crippen LogP contribution in [-0.4, -0.2) is 34.9 Å². The number of rotatable bonds is 14. The summed E-state index contributed by atoms with van der Waals surface area (Å²) in [6.45, 7) is 0. The molecule has 0 unspecified atom stereocenters. The molecule has 0 saturated heterocycles. The van der Waals surface area contributed by atoms with Crippen LogP contribution in [-0.2, 0) is 0 Å². The molecule has 7 heterocycles. The lowest BCUT2D eigenvalue weighted by Gasteiger charge is -2.32. The van der Waals surface area contributed by atoms with Crippen LogP contribution >= 0.6 is 35.3 Å². The highest BCUT2D eigenvalue weighted by Gasteiger charge is 2.31. The number of fused-ring (bicyclic) bond motifs is 8. The number of aromatic nitrogens is 7. The van der Waals surface area contributed by atoms with Crippen molar-refractivity contribution in [2.24, 2.45) is 0 Å². The van der Waals surface area contributed by atoms with Gasteiger partial charge in [0, 0.05) is 102 Å². The van der Waals surface area contributed by atoms with E-state index in [1.54, 1.807) is 11.8 Å². The van der Waals surface area contributed by atoms with Gasteiger partial charge in [-0.05, 0) is 193 Å². The third kappa shape index (κ3) is 16.6. The molecule has 0 fully saturated rings. The highest BCUT2D eigenvalue weighted by molar-refractivity contribution is 8.00. The molecule has 0 bridgehead atoms. The van der Waals surface area contributed by atoms with Crippen LogP contribution in [0.3, 0.4) is 0 Å². The van der Waals surface area contributed by atoms with Crippen LogP contribution < -0.4 is 24.3 Å². The zero-order valence-corrected chi connectivity index (χ0v) is 74.6. The molecule has 4 aliphatic rings. The molecule has 3 aromatic heterocycles. The Hall–Kier alpha value is -16.8. The molecule has 25 rings (SSSR count). The van der Waals surface area contributed by atoms with Gasteiger partial charge < -0.3 is 24.3 Å². The van der Waals surface area contributed by atoms with E-state index in [9.17, 15) is 0 Å². The number of para-hydroxylation sites is 10. The van der Waals surface area contributed by atoms with Crippen molar-refractivity contribution in [2.75, 3.05) is 19.6 Å². The van der Waals surface area contributed by atoms with E-state index in [0.717, 1.165) is 124 Å². The quantitative estimate of drug-likeness (QED) is 0.103. The number of anilines is 12. The van der Waals surface area contributed by atoms with E-state index >= 15 is 0 Å². The van der Waals surface area contributed by atoms with Gasteiger partial charge in [0.1, 0.15) is 0 Å². The second-order valence-corrected chi connectivity index (χ2v) is 35.6. The van der Waals surface area contributed by atoms with Gasteiger partial charge in [-0.25, -0.2) is 34.9 Å². The Morgan fingerprint density at radius 2 is 0.328 bits per heavy atom. The molecule has 21 aromatic rings. The van der Waals surface area contributed by atoms with Crippen molar-refractivity contribution < 1.29 is 4.74 Å². The van der Waals surface area contributed by atoms with E-state index in [1.165, 1.54) is 74.6 Å². The first kappa shape index (κ1) is 81.7. The van der Waals surface area contributed by atoms with Crippen LogP contribution in [0.4, 0.5) is 68.2 Å². The maximum Gasteiger partial charge on any atom is 0.164 e. The fourth-order valence-electron chi connectivity index (χ4n) is 17.4. The molecule has 15 heteroatoms. The fraction of sp³-hybridized carbons (Fsp3) is 0. The Labute approximate surface area is 790 Å². The summed E-state index contributed by atoms with van der Waals surface area (Å²) >= 11 is 5.45. The molecule has 0 aliphatic carbocycles. The molecule has 634 valence electrons. The molecule has 12 nitrogen and oxygen atoms in total. The zero-order chi connectivity index (χ0) is 89.0. The minimum absolute atomic E-state index is 0.609. The van der Waals surface area contributed by atoms with Gasteiger partial charge in [-0.15, -0.1) is 0 Å². The summed E-state index contributed by atoms with van der Waals surface area (Å²) in [5.41, 5.74) is 28.3. The predicted molar refractivity (Wildman–Crippen MR) is 549 cm³/mol. The van der Waals surface area contributed by atoms with Crippen molar-refractivity contribution in [1.29, 1.82) is 0 Å². The Balaban J connectivity index is 0.000000115. The summed E-state index contributed by atoms with van der Waals surface area (Å²) in [5.74, 6) is 4.92. The summed E-state index contributed by atoms with van der Waals surface area (Å²) in [4.78, 5) is 51.8. The van der Waals surface area contributed by atoms with Gasteiger partial charge in [0.15, 0.2) is 40.6 Å².